The van der Waals surface area contributed by atoms with Crippen LogP contribution in [0.25, 0.3) is 0 Å². The van der Waals surface area contributed by atoms with Crippen molar-refractivity contribution in [3.8, 4) is 0 Å². The number of methoxy groups -OCH3 is 1. The second-order valence-corrected chi connectivity index (χ2v) is 6.86. The molecule has 5 heteroatoms. The summed E-state index contributed by atoms with van der Waals surface area (Å²) >= 11 is 1.79. The van der Waals surface area contributed by atoms with Gasteiger partial charge in [0.2, 0.25) is 0 Å². The molecule has 0 heterocycles. The number of aliphatic hydroxyl groups is 1. The van der Waals surface area contributed by atoms with Crippen molar-refractivity contribution in [2.24, 2.45) is 5.92 Å². The van der Waals surface area contributed by atoms with Crippen LogP contribution in [0.4, 0.5) is 0 Å². The van der Waals surface area contributed by atoms with Gasteiger partial charge < -0.3 is 15.2 Å². The molecule has 0 aromatic rings. The van der Waals surface area contributed by atoms with Crippen LogP contribution in [0.2, 0.25) is 0 Å². The summed E-state index contributed by atoms with van der Waals surface area (Å²) in [6.45, 7) is 9.13. The Morgan fingerprint density at radius 1 is 1.47 bits per heavy atom. The Hall–Kier alpha value is -0.260. The first kappa shape index (κ1) is 18.7. The fourth-order valence-corrected chi connectivity index (χ4v) is 3.08. The molecule has 2 N–H and O–H groups in total. The lowest BCUT2D eigenvalue weighted by Gasteiger charge is -2.30. The zero-order valence-electron chi connectivity index (χ0n) is 12.9. The third-order valence-corrected chi connectivity index (χ3v) is 4.57. The van der Waals surface area contributed by atoms with Crippen LogP contribution in [-0.2, 0) is 9.53 Å². The standard InChI is InChI=1S/C14H29NO3S/c1-6-7-15-14(4,13(17)18-5)8-12(3)19-10-11(2)9-16/h11-12,15-16H,6-10H2,1-5H3. The minimum absolute atomic E-state index is 0.205. The van der Waals surface area contributed by atoms with Gasteiger partial charge in [0.25, 0.3) is 0 Å². The maximum absolute atomic E-state index is 11.9. The molecule has 0 saturated carbocycles. The molecule has 114 valence electrons. The fourth-order valence-electron chi connectivity index (χ4n) is 1.87. The number of ether oxygens (including phenoxy) is 1. The zero-order chi connectivity index (χ0) is 14.9. The summed E-state index contributed by atoms with van der Waals surface area (Å²) in [5.74, 6) is 0.993. The molecular formula is C14H29NO3S. The lowest BCUT2D eigenvalue weighted by atomic mass is 9.96. The van der Waals surface area contributed by atoms with Gasteiger partial charge in [0.05, 0.1) is 7.11 Å². The summed E-state index contributed by atoms with van der Waals surface area (Å²) in [6, 6.07) is 0. The molecule has 0 aliphatic rings. The number of aliphatic hydroxyl groups excluding tert-OH is 1. The molecule has 0 aliphatic carbocycles. The van der Waals surface area contributed by atoms with E-state index >= 15 is 0 Å². The predicted octanol–water partition coefficient (Wildman–Crippen LogP) is 2.06. The van der Waals surface area contributed by atoms with Crippen molar-refractivity contribution in [2.75, 3.05) is 26.0 Å². The Morgan fingerprint density at radius 2 is 2.11 bits per heavy atom. The monoisotopic (exact) mass is 291 g/mol. The summed E-state index contributed by atoms with van der Waals surface area (Å²) in [5.41, 5.74) is -0.625. The van der Waals surface area contributed by atoms with E-state index in [0.717, 1.165) is 25.1 Å². The number of thioether (sulfide) groups is 1. The van der Waals surface area contributed by atoms with E-state index in [4.69, 9.17) is 9.84 Å². The van der Waals surface area contributed by atoms with E-state index in [1.165, 1.54) is 7.11 Å². The molecule has 3 unspecified atom stereocenters. The number of hydrogen-bond donors (Lipinski definition) is 2. The molecule has 0 fully saturated rings. The topological polar surface area (TPSA) is 58.6 Å². The summed E-state index contributed by atoms with van der Waals surface area (Å²) in [4.78, 5) is 11.9. The van der Waals surface area contributed by atoms with E-state index < -0.39 is 5.54 Å². The average molecular weight is 291 g/mol. The van der Waals surface area contributed by atoms with Gasteiger partial charge in [-0.2, -0.15) is 11.8 Å². The van der Waals surface area contributed by atoms with Crippen LogP contribution in [0.1, 0.15) is 40.5 Å². The van der Waals surface area contributed by atoms with Crippen molar-refractivity contribution < 1.29 is 14.6 Å². The van der Waals surface area contributed by atoms with E-state index in [2.05, 4.69) is 19.2 Å². The zero-order valence-corrected chi connectivity index (χ0v) is 13.7. The van der Waals surface area contributed by atoms with Crippen LogP contribution < -0.4 is 5.32 Å². The lowest BCUT2D eigenvalue weighted by Crippen LogP contribution is -2.51. The van der Waals surface area contributed by atoms with Crippen molar-refractivity contribution in [3.05, 3.63) is 0 Å². The highest BCUT2D eigenvalue weighted by atomic mass is 32.2. The molecule has 0 aromatic carbocycles. The smallest absolute Gasteiger partial charge is 0.325 e. The predicted molar refractivity (Wildman–Crippen MR) is 81.5 cm³/mol. The average Bonchev–Trinajstić information content (AvgIpc) is 2.41. The quantitative estimate of drug-likeness (QED) is 0.603. The second-order valence-electron chi connectivity index (χ2n) is 5.39. The van der Waals surface area contributed by atoms with Crippen molar-refractivity contribution in [3.63, 3.8) is 0 Å². The summed E-state index contributed by atoms with van der Waals surface area (Å²) in [7, 11) is 1.43. The van der Waals surface area contributed by atoms with E-state index in [1.807, 2.05) is 13.8 Å². The van der Waals surface area contributed by atoms with Crippen LogP contribution in [0.15, 0.2) is 0 Å². The highest BCUT2D eigenvalue weighted by Crippen LogP contribution is 2.24. The molecule has 0 aromatic heterocycles. The maximum Gasteiger partial charge on any atom is 0.325 e. The molecular weight excluding hydrogens is 262 g/mol. The normalized spacial score (nSPS) is 17.6. The molecule has 0 aliphatic heterocycles. The van der Waals surface area contributed by atoms with Gasteiger partial charge in [-0.05, 0) is 38.0 Å². The van der Waals surface area contributed by atoms with E-state index in [9.17, 15) is 4.79 Å². The fraction of sp³-hybridized carbons (Fsp3) is 0.929. The summed E-state index contributed by atoms with van der Waals surface area (Å²) in [6.07, 6.45) is 1.71. The number of rotatable bonds is 10. The number of hydrogen-bond acceptors (Lipinski definition) is 5. The number of carbonyl (C=O) groups excluding carboxylic acids is 1. The molecule has 0 spiro atoms. The Kier molecular flexibility index (Phi) is 9.48. The minimum Gasteiger partial charge on any atom is -0.468 e. The van der Waals surface area contributed by atoms with Crippen LogP contribution >= 0.6 is 11.8 Å². The number of nitrogens with one attached hydrogen (secondary N) is 1. The largest absolute Gasteiger partial charge is 0.468 e. The molecule has 3 atom stereocenters. The Morgan fingerprint density at radius 3 is 2.58 bits per heavy atom. The van der Waals surface area contributed by atoms with Gasteiger partial charge in [-0.25, -0.2) is 0 Å². The van der Waals surface area contributed by atoms with Crippen molar-refractivity contribution in [2.45, 2.75) is 51.3 Å². The summed E-state index contributed by atoms with van der Waals surface area (Å²) in [5, 5.41) is 12.7. The Bertz CT molecular complexity index is 263. The van der Waals surface area contributed by atoms with Crippen LogP contribution in [0.5, 0.6) is 0 Å². The first-order valence-corrected chi connectivity index (χ1v) is 8.00. The Labute approximate surface area is 121 Å². The van der Waals surface area contributed by atoms with Crippen LogP contribution in [-0.4, -0.2) is 47.9 Å². The van der Waals surface area contributed by atoms with Gasteiger partial charge in [0.1, 0.15) is 5.54 Å². The highest BCUT2D eigenvalue weighted by Gasteiger charge is 2.35. The first-order valence-electron chi connectivity index (χ1n) is 6.95. The molecule has 4 nitrogen and oxygen atoms in total. The number of esters is 1. The third-order valence-electron chi connectivity index (χ3n) is 3.07. The van der Waals surface area contributed by atoms with E-state index in [1.54, 1.807) is 11.8 Å². The SMILES string of the molecule is CCCNC(C)(CC(C)SCC(C)CO)C(=O)OC. The van der Waals surface area contributed by atoms with E-state index in [0.29, 0.717) is 11.2 Å². The Balaban J connectivity index is 4.42. The van der Waals surface area contributed by atoms with Gasteiger partial charge >= 0.3 is 5.97 Å². The lowest BCUT2D eigenvalue weighted by molar-refractivity contribution is -0.148. The maximum atomic E-state index is 11.9. The van der Waals surface area contributed by atoms with Gasteiger partial charge in [0, 0.05) is 11.9 Å². The minimum atomic E-state index is -0.625. The number of carbonyl (C=O) groups is 1. The van der Waals surface area contributed by atoms with Gasteiger partial charge in [-0.3, -0.25) is 4.79 Å². The molecule has 0 radical (unpaired) electrons. The third kappa shape index (κ3) is 7.18. The summed E-state index contributed by atoms with van der Waals surface area (Å²) < 4.78 is 4.91. The molecule has 0 bridgehead atoms. The highest BCUT2D eigenvalue weighted by molar-refractivity contribution is 7.99. The molecule has 0 amide bonds. The molecule has 0 saturated heterocycles. The van der Waals surface area contributed by atoms with Crippen molar-refractivity contribution in [1.29, 1.82) is 0 Å². The van der Waals surface area contributed by atoms with Crippen LogP contribution in [0.3, 0.4) is 0 Å². The van der Waals surface area contributed by atoms with Crippen LogP contribution in [0, 0.1) is 5.92 Å². The van der Waals surface area contributed by atoms with Crippen molar-refractivity contribution in [1.82, 2.24) is 5.32 Å². The van der Waals surface area contributed by atoms with Gasteiger partial charge in [-0.1, -0.05) is 20.8 Å². The van der Waals surface area contributed by atoms with Gasteiger partial charge in [0.15, 0.2) is 0 Å². The molecule has 0 rings (SSSR count). The second kappa shape index (κ2) is 9.61. The van der Waals surface area contributed by atoms with Gasteiger partial charge in [-0.15, -0.1) is 0 Å². The first-order chi connectivity index (χ1) is 8.89. The molecule has 19 heavy (non-hydrogen) atoms. The van der Waals surface area contributed by atoms with Crippen molar-refractivity contribution >= 4 is 17.7 Å². The van der Waals surface area contributed by atoms with E-state index in [-0.39, 0.29) is 12.6 Å².